The first kappa shape index (κ1) is 13.1. The number of hydrogen-bond donors (Lipinski definition) is 0. The van der Waals surface area contributed by atoms with Gasteiger partial charge in [0.25, 0.3) is 6.43 Å². The number of aromatic nitrogens is 1. The van der Waals surface area contributed by atoms with Gasteiger partial charge in [0.15, 0.2) is 5.78 Å². The van der Waals surface area contributed by atoms with Crippen molar-refractivity contribution in [1.82, 2.24) is 4.98 Å². The van der Waals surface area contributed by atoms with Crippen molar-refractivity contribution >= 4 is 28.7 Å². The second kappa shape index (κ2) is 5.54. The molecule has 0 spiro atoms. The van der Waals surface area contributed by atoms with E-state index in [0.29, 0.717) is 10.6 Å². The van der Waals surface area contributed by atoms with Crippen LogP contribution < -0.4 is 0 Å². The lowest BCUT2D eigenvalue weighted by molar-refractivity contribution is 0.101. The molecule has 0 aliphatic carbocycles. The van der Waals surface area contributed by atoms with E-state index in [9.17, 15) is 13.6 Å². The predicted molar refractivity (Wildman–Crippen MR) is 67.6 cm³/mol. The minimum Gasteiger partial charge on any atom is -0.291 e. The average Bonchev–Trinajstić information content (AvgIpc) is 2.87. The number of carbonyl (C=O) groups excluding carboxylic acids is 1. The molecule has 2 aromatic rings. The van der Waals surface area contributed by atoms with Crippen molar-refractivity contribution in [2.45, 2.75) is 6.43 Å². The van der Waals surface area contributed by atoms with Crippen LogP contribution in [-0.4, -0.2) is 16.6 Å². The van der Waals surface area contributed by atoms with Gasteiger partial charge in [0.2, 0.25) is 0 Å². The van der Waals surface area contributed by atoms with Crippen LogP contribution >= 0.6 is 22.9 Å². The lowest BCUT2D eigenvalue weighted by Crippen LogP contribution is -2.00. The molecule has 0 N–H and O–H groups in total. The fourth-order valence-corrected chi connectivity index (χ4v) is 2.37. The largest absolute Gasteiger partial charge is 0.291 e. The van der Waals surface area contributed by atoms with Gasteiger partial charge in [-0.25, -0.2) is 13.8 Å². The quantitative estimate of drug-likeness (QED) is 0.624. The summed E-state index contributed by atoms with van der Waals surface area (Å²) >= 11 is 6.66. The highest BCUT2D eigenvalue weighted by molar-refractivity contribution is 7.13. The van der Waals surface area contributed by atoms with E-state index in [1.165, 1.54) is 23.5 Å². The Bertz CT molecular complexity index is 571. The third kappa shape index (κ3) is 2.73. The van der Waals surface area contributed by atoms with Gasteiger partial charge in [-0.3, -0.25) is 4.79 Å². The van der Waals surface area contributed by atoms with Gasteiger partial charge in [-0.05, 0) is 6.07 Å². The second-order valence-corrected chi connectivity index (χ2v) is 4.65. The number of rotatable bonds is 4. The number of alkyl halides is 3. The fraction of sp³-hybridized carbons (Fsp3) is 0.167. The van der Waals surface area contributed by atoms with E-state index in [4.69, 9.17) is 11.6 Å². The van der Waals surface area contributed by atoms with Gasteiger partial charge in [0, 0.05) is 16.5 Å². The highest BCUT2D eigenvalue weighted by atomic mass is 35.5. The molecule has 0 fully saturated rings. The number of nitrogens with zero attached hydrogens (tertiary/aromatic N) is 1. The highest BCUT2D eigenvalue weighted by Crippen LogP contribution is 2.28. The molecule has 0 saturated heterocycles. The smallest absolute Gasteiger partial charge is 0.263 e. The molecule has 0 unspecified atom stereocenters. The van der Waals surface area contributed by atoms with Gasteiger partial charge in [0.1, 0.15) is 10.7 Å². The van der Waals surface area contributed by atoms with Crippen LogP contribution in [0.15, 0.2) is 29.6 Å². The SMILES string of the molecule is O=C(CCl)c1csc(-c2cccc(C(F)F)c2)n1. The van der Waals surface area contributed by atoms with Crippen molar-refractivity contribution in [2.24, 2.45) is 0 Å². The van der Waals surface area contributed by atoms with Crippen LogP contribution in [0.2, 0.25) is 0 Å². The number of benzene rings is 1. The van der Waals surface area contributed by atoms with Crippen LogP contribution in [0.5, 0.6) is 0 Å². The third-order valence-electron chi connectivity index (χ3n) is 2.30. The minimum absolute atomic E-state index is 0.0621. The number of halogens is 3. The van der Waals surface area contributed by atoms with Crippen molar-refractivity contribution in [3.05, 3.63) is 40.9 Å². The van der Waals surface area contributed by atoms with Gasteiger partial charge < -0.3 is 0 Å². The first-order chi connectivity index (χ1) is 8.61. The Labute approximate surface area is 111 Å². The third-order valence-corrected chi connectivity index (χ3v) is 3.43. The molecule has 2 rings (SSSR count). The zero-order chi connectivity index (χ0) is 13.1. The van der Waals surface area contributed by atoms with E-state index in [0.717, 1.165) is 0 Å². The molecule has 0 bridgehead atoms. The van der Waals surface area contributed by atoms with Crippen molar-refractivity contribution in [2.75, 3.05) is 5.88 Å². The molecule has 1 aromatic heterocycles. The highest BCUT2D eigenvalue weighted by Gasteiger charge is 2.13. The molecule has 6 heteroatoms. The average molecular weight is 288 g/mol. The summed E-state index contributed by atoms with van der Waals surface area (Å²) in [5.41, 5.74) is 0.784. The zero-order valence-electron chi connectivity index (χ0n) is 9.07. The summed E-state index contributed by atoms with van der Waals surface area (Å²) < 4.78 is 25.1. The first-order valence-electron chi connectivity index (χ1n) is 5.05. The molecule has 1 aromatic carbocycles. The van der Waals surface area contributed by atoms with Crippen LogP contribution in [0.4, 0.5) is 8.78 Å². The summed E-state index contributed by atoms with van der Waals surface area (Å²) in [7, 11) is 0. The molecular formula is C12H8ClF2NOS. The van der Waals surface area contributed by atoms with Crippen molar-refractivity contribution < 1.29 is 13.6 Å². The summed E-state index contributed by atoms with van der Waals surface area (Å²) in [5.74, 6) is -0.413. The van der Waals surface area contributed by atoms with Crippen molar-refractivity contribution in [1.29, 1.82) is 0 Å². The molecule has 2 nitrogen and oxygen atoms in total. The number of hydrogen-bond acceptors (Lipinski definition) is 3. The van der Waals surface area contributed by atoms with Gasteiger partial charge in [-0.15, -0.1) is 22.9 Å². The molecule has 18 heavy (non-hydrogen) atoms. The number of thiazole rings is 1. The summed E-state index contributed by atoms with van der Waals surface area (Å²) in [6, 6.07) is 5.95. The first-order valence-corrected chi connectivity index (χ1v) is 6.46. The lowest BCUT2D eigenvalue weighted by Gasteiger charge is -2.01. The maximum absolute atomic E-state index is 12.6. The zero-order valence-corrected chi connectivity index (χ0v) is 10.6. The molecule has 94 valence electrons. The van der Waals surface area contributed by atoms with Gasteiger partial charge >= 0.3 is 0 Å². The van der Waals surface area contributed by atoms with Gasteiger partial charge in [-0.1, -0.05) is 18.2 Å². The molecule has 0 atom stereocenters. The van der Waals surface area contributed by atoms with Crippen LogP contribution in [-0.2, 0) is 0 Å². The summed E-state index contributed by atoms with van der Waals surface area (Å²) in [5, 5.41) is 2.11. The number of carbonyl (C=O) groups is 1. The number of ketones is 1. The minimum atomic E-state index is -2.52. The summed E-state index contributed by atoms with van der Waals surface area (Å²) in [4.78, 5) is 15.4. The predicted octanol–water partition coefficient (Wildman–Crippen LogP) is 4.17. The van der Waals surface area contributed by atoms with E-state index >= 15 is 0 Å². The fourth-order valence-electron chi connectivity index (χ4n) is 1.41. The Morgan fingerprint density at radius 1 is 1.44 bits per heavy atom. The van der Waals surface area contributed by atoms with E-state index in [-0.39, 0.29) is 22.9 Å². The van der Waals surface area contributed by atoms with Gasteiger partial charge in [-0.2, -0.15) is 0 Å². The van der Waals surface area contributed by atoms with E-state index in [1.54, 1.807) is 17.5 Å². The normalized spacial score (nSPS) is 10.9. The molecule has 0 amide bonds. The molecular weight excluding hydrogens is 280 g/mol. The lowest BCUT2D eigenvalue weighted by atomic mass is 10.1. The van der Waals surface area contributed by atoms with Crippen molar-refractivity contribution in [3.8, 4) is 10.6 Å². The van der Waals surface area contributed by atoms with Crippen LogP contribution in [0.3, 0.4) is 0 Å². The standard InChI is InChI=1S/C12H8ClF2NOS/c13-5-10(17)9-6-18-12(16-9)8-3-1-2-7(4-8)11(14)15/h1-4,6,11H,5H2. The van der Waals surface area contributed by atoms with E-state index in [2.05, 4.69) is 4.98 Å². The Morgan fingerprint density at radius 2 is 2.22 bits per heavy atom. The molecule has 0 aliphatic rings. The monoisotopic (exact) mass is 287 g/mol. The maximum atomic E-state index is 12.6. The van der Waals surface area contributed by atoms with E-state index < -0.39 is 6.43 Å². The number of Topliss-reactive ketones (excluding diaryl/α,β-unsaturated/α-hetero) is 1. The second-order valence-electron chi connectivity index (χ2n) is 3.52. The Balaban J connectivity index is 2.34. The van der Waals surface area contributed by atoms with Crippen LogP contribution in [0.25, 0.3) is 10.6 Å². The van der Waals surface area contributed by atoms with Crippen molar-refractivity contribution in [3.63, 3.8) is 0 Å². The molecule has 0 radical (unpaired) electrons. The summed E-state index contributed by atoms with van der Waals surface area (Å²) in [6.07, 6.45) is -2.52. The maximum Gasteiger partial charge on any atom is 0.263 e. The topological polar surface area (TPSA) is 30.0 Å². The van der Waals surface area contributed by atoms with Crippen LogP contribution in [0.1, 0.15) is 22.5 Å². The molecule has 0 aliphatic heterocycles. The van der Waals surface area contributed by atoms with Crippen LogP contribution in [0, 0.1) is 0 Å². The Morgan fingerprint density at radius 3 is 2.89 bits per heavy atom. The Kier molecular flexibility index (Phi) is 4.04. The summed E-state index contributed by atoms with van der Waals surface area (Å²) in [6.45, 7) is 0. The van der Waals surface area contributed by atoms with Gasteiger partial charge in [0.05, 0.1) is 5.88 Å². The Hall–Kier alpha value is -1.33. The molecule has 0 saturated carbocycles. The van der Waals surface area contributed by atoms with E-state index in [1.807, 2.05) is 0 Å². The molecule has 1 heterocycles.